The van der Waals surface area contributed by atoms with E-state index < -0.39 is 17.2 Å². The predicted octanol–water partition coefficient (Wildman–Crippen LogP) is 4.37. The molecule has 2 aromatic heterocycles. The van der Waals surface area contributed by atoms with Crippen LogP contribution >= 0.6 is 0 Å². The van der Waals surface area contributed by atoms with E-state index in [9.17, 15) is 13.6 Å². The van der Waals surface area contributed by atoms with E-state index in [2.05, 4.69) is 10.3 Å². The molecule has 1 N–H and O–H groups in total. The number of fused-ring (bicyclic) bond motifs is 4. The lowest BCUT2D eigenvalue weighted by molar-refractivity contribution is -0.286. The number of rotatable bonds is 1. The third-order valence-electron chi connectivity index (χ3n) is 5.63. The van der Waals surface area contributed by atoms with E-state index in [0.29, 0.717) is 28.2 Å². The molecule has 0 unspecified atom stereocenters. The van der Waals surface area contributed by atoms with Gasteiger partial charge in [0.15, 0.2) is 17.3 Å². The highest BCUT2D eigenvalue weighted by atomic mass is 19.3. The first-order valence-electron chi connectivity index (χ1n) is 9.24. The second kappa shape index (κ2) is 5.25. The summed E-state index contributed by atoms with van der Waals surface area (Å²) in [5.41, 5.74) is 0.738. The van der Waals surface area contributed by atoms with Gasteiger partial charge in [-0.3, -0.25) is 9.20 Å². The van der Waals surface area contributed by atoms with Crippen molar-refractivity contribution in [2.45, 2.75) is 44.9 Å². The van der Waals surface area contributed by atoms with Crippen LogP contribution < -0.4 is 14.8 Å². The Morgan fingerprint density at radius 3 is 2.59 bits per heavy atom. The summed E-state index contributed by atoms with van der Waals surface area (Å²) in [7, 11) is 0. The van der Waals surface area contributed by atoms with E-state index in [1.807, 2.05) is 6.07 Å². The molecule has 0 bridgehead atoms. The average Bonchev–Trinajstić information content (AvgIpc) is 3.23. The lowest BCUT2D eigenvalue weighted by atomic mass is 9.69. The van der Waals surface area contributed by atoms with Crippen molar-refractivity contribution >= 4 is 17.1 Å². The highest BCUT2D eigenvalue weighted by Crippen LogP contribution is 2.57. The van der Waals surface area contributed by atoms with Gasteiger partial charge in [-0.2, -0.15) is 0 Å². The van der Waals surface area contributed by atoms with Crippen molar-refractivity contribution < 1.29 is 23.0 Å². The number of halogens is 2. The zero-order valence-corrected chi connectivity index (χ0v) is 16.3. The molecule has 0 aliphatic carbocycles. The Bertz CT molecular complexity index is 1200. The van der Waals surface area contributed by atoms with Crippen LogP contribution in [0.25, 0.3) is 16.9 Å². The molecule has 3 aromatic rings. The molecule has 0 saturated carbocycles. The molecule has 8 heteroatoms. The summed E-state index contributed by atoms with van der Waals surface area (Å²) in [5, 5.41) is 3.08. The van der Waals surface area contributed by atoms with E-state index in [4.69, 9.17) is 9.47 Å². The minimum atomic E-state index is -3.80. The van der Waals surface area contributed by atoms with Crippen molar-refractivity contribution in [1.29, 1.82) is 0 Å². The van der Waals surface area contributed by atoms with Gasteiger partial charge in [-0.25, -0.2) is 4.98 Å². The van der Waals surface area contributed by atoms with Crippen molar-refractivity contribution in [3.63, 3.8) is 0 Å². The van der Waals surface area contributed by atoms with Gasteiger partial charge in [-0.15, -0.1) is 8.78 Å². The maximum atomic E-state index is 14.2. The lowest BCUT2D eigenvalue weighted by Gasteiger charge is -2.42. The van der Waals surface area contributed by atoms with Gasteiger partial charge >= 0.3 is 6.29 Å². The molecule has 2 aliphatic heterocycles. The summed E-state index contributed by atoms with van der Waals surface area (Å²) in [6, 6.07) is 7.11. The number of carbonyl (C=O) groups excluding carboxylic acids is 1. The predicted molar refractivity (Wildman–Crippen MR) is 103 cm³/mol. The van der Waals surface area contributed by atoms with Crippen molar-refractivity contribution in [3.8, 4) is 22.8 Å². The summed E-state index contributed by atoms with van der Waals surface area (Å²) >= 11 is 0. The number of imidazole rings is 1. The topological polar surface area (TPSA) is 64.9 Å². The van der Waals surface area contributed by atoms with Gasteiger partial charge < -0.3 is 14.8 Å². The van der Waals surface area contributed by atoms with Crippen LogP contribution in [-0.2, 0) is 10.2 Å². The number of ketones is 1. The molecule has 0 radical (unpaired) electrons. The Morgan fingerprint density at radius 1 is 1.10 bits per heavy atom. The molecule has 1 aromatic carbocycles. The highest BCUT2D eigenvalue weighted by Gasteiger charge is 2.52. The second-order valence-electron chi connectivity index (χ2n) is 8.44. The second-order valence-corrected chi connectivity index (χ2v) is 8.44. The molecule has 5 rings (SSSR count). The third-order valence-corrected chi connectivity index (χ3v) is 5.63. The summed E-state index contributed by atoms with van der Waals surface area (Å²) in [6.07, 6.45) is -0.435. The van der Waals surface area contributed by atoms with Crippen LogP contribution in [0.2, 0.25) is 0 Å². The first-order valence-corrected chi connectivity index (χ1v) is 9.24. The number of hydrogen-bond donors (Lipinski definition) is 1. The molecule has 6 nitrogen and oxygen atoms in total. The average molecular weight is 399 g/mol. The van der Waals surface area contributed by atoms with Crippen molar-refractivity contribution in [2.24, 2.45) is 0 Å². The maximum absolute atomic E-state index is 14.2. The third kappa shape index (κ3) is 2.38. The number of benzene rings is 1. The number of carbonyl (C=O) groups is 1. The summed E-state index contributed by atoms with van der Waals surface area (Å²) < 4.78 is 39.9. The van der Waals surface area contributed by atoms with Crippen LogP contribution in [0.5, 0.6) is 11.5 Å². The number of alkyl halides is 2. The van der Waals surface area contributed by atoms with Crippen molar-refractivity contribution in [2.75, 3.05) is 5.32 Å². The SMILES string of the molecule is CC1(C)Nc2c(cc(-c3cccc4nccn34)c3c2OC(F)(F)O3)C(C)(C)C1=O. The fourth-order valence-corrected chi connectivity index (χ4v) is 4.34. The minimum absolute atomic E-state index is 0.0464. The van der Waals surface area contributed by atoms with Gasteiger partial charge in [0, 0.05) is 18.0 Å². The van der Waals surface area contributed by atoms with Crippen molar-refractivity contribution in [1.82, 2.24) is 9.38 Å². The Labute approximate surface area is 165 Å². The standard InChI is InChI=1S/C21H19F2N3O3/c1-19(2)12-10-11(13-6-5-7-14-24-8-9-26(13)14)16-17(29-21(22,23)28-16)15(12)25-20(3,4)18(19)27/h5-10,25H,1-4H3. The molecule has 2 aliphatic rings. The normalized spacial score (nSPS) is 20.4. The summed E-state index contributed by atoms with van der Waals surface area (Å²) in [5.74, 6) is -0.202. The van der Waals surface area contributed by atoms with Crippen LogP contribution in [-0.4, -0.2) is 27.0 Å². The van der Waals surface area contributed by atoms with Crippen molar-refractivity contribution in [3.05, 3.63) is 42.2 Å². The number of nitrogens with zero attached hydrogens (tertiary/aromatic N) is 2. The van der Waals surface area contributed by atoms with Crippen LogP contribution in [0, 0.1) is 0 Å². The van der Waals surface area contributed by atoms with Crippen LogP contribution in [0.1, 0.15) is 33.3 Å². The van der Waals surface area contributed by atoms with Gasteiger partial charge in [0.2, 0.25) is 0 Å². The fourth-order valence-electron chi connectivity index (χ4n) is 4.34. The monoisotopic (exact) mass is 399 g/mol. The number of hydrogen-bond acceptors (Lipinski definition) is 5. The molecule has 0 atom stereocenters. The molecule has 0 saturated heterocycles. The highest BCUT2D eigenvalue weighted by molar-refractivity contribution is 6.04. The van der Waals surface area contributed by atoms with Gasteiger partial charge in [0.25, 0.3) is 0 Å². The first kappa shape index (κ1) is 17.9. The number of anilines is 1. The van der Waals surface area contributed by atoms with E-state index in [0.717, 1.165) is 0 Å². The van der Waals surface area contributed by atoms with Crippen LogP contribution in [0.3, 0.4) is 0 Å². The van der Waals surface area contributed by atoms with Crippen LogP contribution in [0.4, 0.5) is 14.5 Å². The maximum Gasteiger partial charge on any atom is 0.586 e. The van der Waals surface area contributed by atoms with Crippen LogP contribution in [0.15, 0.2) is 36.7 Å². The van der Waals surface area contributed by atoms with E-state index in [1.54, 1.807) is 62.7 Å². The van der Waals surface area contributed by atoms with Gasteiger partial charge in [-0.05, 0) is 51.5 Å². The zero-order chi connectivity index (χ0) is 20.8. The quantitative estimate of drug-likeness (QED) is 0.658. The smallest absolute Gasteiger partial charge is 0.394 e. The van der Waals surface area contributed by atoms with Gasteiger partial charge in [0.05, 0.1) is 22.3 Å². The summed E-state index contributed by atoms with van der Waals surface area (Å²) in [6.45, 7) is 7.03. The Kier molecular flexibility index (Phi) is 3.24. The Hall–Kier alpha value is -3.16. The Morgan fingerprint density at radius 2 is 1.83 bits per heavy atom. The molecule has 29 heavy (non-hydrogen) atoms. The minimum Gasteiger partial charge on any atom is -0.394 e. The number of ether oxygens (including phenoxy) is 2. The molecule has 0 amide bonds. The largest absolute Gasteiger partial charge is 0.586 e. The summed E-state index contributed by atoms with van der Waals surface area (Å²) in [4.78, 5) is 17.3. The molecule has 4 heterocycles. The number of pyridine rings is 1. The van der Waals surface area contributed by atoms with Gasteiger partial charge in [-0.1, -0.05) is 6.07 Å². The number of aromatic nitrogens is 2. The Balaban J connectivity index is 1.86. The fraction of sp³-hybridized carbons (Fsp3) is 0.333. The number of nitrogens with one attached hydrogen (secondary N) is 1. The zero-order valence-electron chi connectivity index (χ0n) is 16.3. The lowest BCUT2D eigenvalue weighted by Crippen LogP contribution is -2.53. The molecule has 0 fully saturated rings. The van der Waals surface area contributed by atoms with E-state index >= 15 is 0 Å². The molecule has 0 spiro atoms. The molecular weight excluding hydrogens is 380 g/mol. The van der Waals surface area contributed by atoms with E-state index in [-0.39, 0.29) is 17.3 Å². The van der Waals surface area contributed by atoms with Gasteiger partial charge in [0.1, 0.15) is 5.65 Å². The van der Waals surface area contributed by atoms with E-state index in [1.165, 1.54) is 0 Å². The molecular formula is C21H19F2N3O3. The molecule has 150 valence electrons. The number of Topliss-reactive ketones (excluding diaryl/α,β-unsaturated/α-hetero) is 1. The first-order chi connectivity index (χ1) is 13.5.